The van der Waals surface area contributed by atoms with Gasteiger partial charge in [-0.2, -0.15) is 0 Å². The summed E-state index contributed by atoms with van der Waals surface area (Å²) in [6, 6.07) is 15.7. The van der Waals surface area contributed by atoms with E-state index >= 15 is 0 Å². The molecule has 2 aromatic rings. The zero-order valence-corrected chi connectivity index (χ0v) is 15.4. The van der Waals surface area contributed by atoms with Gasteiger partial charge in [0.1, 0.15) is 5.60 Å². The molecular formula is C21H24N2O4. The van der Waals surface area contributed by atoms with Crippen LogP contribution in [0.5, 0.6) is 0 Å². The first kappa shape index (κ1) is 19.0. The molecular weight excluding hydrogens is 344 g/mol. The maximum absolute atomic E-state index is 12.7. The number of nitrogens with zero attached hydrogens (tertiary/aromatic N) is 1. The van der Waals surface area contributed by atoms with Crippen LogP contribution < -0.4 is 5.32 Å². The van der Waals surface area contributed by atoms with Crippen LogP contribution in [-0.2, 0) is 10.3 Å². The van der Waals surface area contributed by atoms with Crippen molar-refractivity contribution in [2.45, 2.75) is 44.2 Å². The topological polar surface area (TPSA) is 81.5 Å². The van der Waals surface area contributed by atoms with Gasteiger partial charge in [0.25, 0.3) is 5.69 Å². The minimum atomic E-state index is -0.760. The van der Waals surface area contributed by atoms with Gasteiger partial charge in [-0.3, -0.25) is 10.1 Å². The Morgan fingerprint density at radius 3 is 2.52 bits per heavy atom. The molecule has 27 heavy (non-hydrogen) atoms. The molecule has 0 bridgehead atoms. The third kappa shape index (κ3) is 4.71. The minimum Gasteiger partial charge on any atom is -0.451 e. The number of hydrogen-bond acceptors (Lipinski definition) is 5. The van der Waals surface area contributed by atoms with Crippen LogP contribution in [0.1, 0.15) is 48.5 Å². The van der Waals surface area contributed by atoms with E-state index in [0.717, 1.165) is 24.9 Å². The molecule has 2 atom stereocenters. The summed E-state index contributed by atoms with van der Waals surface area (Å²) in [7, 11) is 0. The highest BCUT2D eigenvalue weighted by Gasteiger charge is 2.32. The van der Waals surface area contributed by atoms with Crippen molar-refractivity contribution in [3.05, 3.63) is 75.8 Å². The van der Waals surface area contributed by atoms with Crippen LogP contribution in [0.25, 0.3) is 0 Å². The maximum Gasteiger partial charge on any atom is 0.339 e. The molecule has 0 aliphatic carbocycles. The lowest BCUT2D eigenvalue weighted by Crippen LogP contribution is -2.32. The van der Waals surface area contributed by atoms with Crippen molar-refractivity contribution in [3.8, 4) is 0 Å². The van der Waals surface area contributed by atoms with Gasteiger partial charge >= 0.3 is 5.97 Å². The van der Waals surface area contributed by atoms with Gasteiger partial charge in [0.05, 0.1) is 10.5 Å². The Balaban J connectivity index is 1.77. The van der Waals surface area contributed by atoms with Gasteiger partial charge in [0, 0.05) is 18.2 Å². The summed E-state index contributed by atoms with van der Waals surface area (Å²) in [6.07, 6.45) is 3.93. The number of hydrogen-bond donors (Lipinski definition) is 1. The lowest BCUT2D eigenvalue weighted by Gasteiger charge is -2.31. The summed E-state index contributed by atoms with van der Waals surface area (Å²) in [5.41, 5.74) is 0.439. The fourth-order valence-corrected chi connectivity index (χ4v) is 3.48. The zero-order valence-electron chi connectivity index (χ0n) is 15.4. The molecule has 0 aromatic heterocycles. The normalized spacial score (nSPS) is 18.6. The lowest BCUT2D eigenvalue weighted by molar-refractivity contribution is -0.384. The van der Waals surface area contributed by atoms with E-state index in [0.29, 0.717) is 18.0 Å². The molecule has 6 nitrogen and oxygen atoms in total. The van der Waals surface area contributed by atoms with Gasteiger partial charge in [-0.1, -0.05) is 30.3 Å². The predicted molar refractivity (Wildman–Crippen MR) is 103 cm³/mol. The molecule has 142 valence electrons. The van der Waals surface area contributed by atoms with E-state index in [9.17, 15) is 14.9 Å². The maximum atomic E-state index is 12.7. The Bertz CT molecular complexity index is 786. The molecule has 0 radical (unpaired) electrons. The summed E-state index contributed by atoms with van der Waals surface area (Å²) in [6.45, 7) is 2.97. The van der Waals surface area contributed by atoms with Crippen LogP contribution in [0, 0.1) is 10.1 Å². The highest BCUT2D eigenvalue weighted by atomic mass is 16.6. The molecule has 1 aliphatic heterocycles. The first-order valence-electron chi connectivity index (χ1n) is 9.25. The van der Waals surface area contributed by atoms with Gasteiger partial charge in [0.15, 0.2) is 0 Å². The molecule has 0 amide bonds. The fourth-order valence-electron chi connectivity index (χ4n) is 3.48. The zero-order chi connectivity index (χ0) is 19.3. The second kappa shape index (κ2) is 8.31. The van der Waals surface area contributed by atoms with E-state index in [4.69, 9.17) is 4.74 Å². The van der Waals surface area contributed by atoms with Crippen LogP contribution in [-0.4, -0.2) is 23.5 Å². The monoisotopic (exact) mass is 368 g/mol. The standard InChI is InChI=1S/C21H24N2O4/c1-21(17-6-3-2-4-7-17,14-13-18-8-5-15-22-18)27-20(24)16-9-11-19(12-10-16)23(25)26/h2-4,6-7,9-12,18,22H,5,8,13-15H2,1H3/t18-,21?/m0/s1. The van der Waals surface area contributed by atoms with Crippen molar-refractivity contribution in [3.63, 3.8) is 0 Å². The van der Waals surface area contributed by atoms with Crippen LogP contribution in [0.4, 0.5) is 5.69 Å². The molecule has 1 fully saturated rings. The van der Waals surface area contributed by atoms with E-state index in [-0.39, 0.29) is 5.69 Å². The number of benzene rings is 2. The second-order valence-electron chi connectivity index (χ2n) is 7.12. The number of nitrogens with one attached hydrogen (secondary N) is 1. The third-order valence-corrected chi connectivity index (χ3v) is 5.15. The van der Waals surface area contributed by atoms with Crippen LogP contribution in [0.2, 0.25) is 0 Å². The van der Waals surface area contributed by atoms with E-state index < -0.39 is 16.5 Å². The Labute approximate surface area is 158 Å². The number of nitro benzene ring substituents is 1. The van der Waals surface area contributed by atoms with Crippen molar-refractivity contribution in [2.24, 2.45) is 0 Å². The molecule has 3 rings (SSSR count). The van der Waals surface area contributed by atoms with Crippen LogP contribution >= 0.6 is 0 Å². The predicted octanol–water partition coefficient (Wildman–Crippen LogP) is 4.20. The summed E-state index contributed by atoms with van der Waals surface area (Å²) < 4.78 is 5.93. The van der Waals surface area contributed by atoms with E-state index in [1.807, 2.05) is 37.3 Å². The Morgan fingerprint density at radius 1 is 1.22 bits per heavy atom. The van der Waals surface area contributed by atoms with Crippen molar-refractivity contribution < 1.29 is 14.5 Å². The van der Waals surface area contributed by atoms with Crippen molar-refractivity contribution in [2.75, 3.05) is 6.54 Å². The van der Waals surface area contributed by atoms with Crippen LogP contribution in [0.15, 0.2) is 54.6 Å². The second-order valence-corrected chi connectivity index (χ2v) is 7.12. The van der Waals surface area contributed by atoms with Gasteiger partial charge in [0.2, 0.25) is 0 Å². The van der Waals surface area contributed by atoms with E-state index in [1.165, 1.54) is 30.7 Å². The molecule has 1 aliphatic rings. The lowest BCUT2D eigenvalue weighted by atomic mass is 9.88. The van der Waals surface area contributed by atoms with Gasteiger partial charge in [-0.05, 0) is 56.8 Å². The molecule has 1 unspecified atom stereocenters. The fraction of sp³-hybridized carbons (Fsp3) is 0.381. The van der Waals surface area contributed by atoms with Gasteiger partial charge in [-0.25, -0.2) is 4.79 Å². The van der Waals surface area contributed by atoms with Gasteiger partial charge in [-0.15, -0.1) is 0 Å². The first-order valence-corrected chi connectivity index (χ1v) is 9.25. The first-order chi connectivity index (χ1) is 13.0. The largest absolute Gasteiger partial charge is 0.451 e. The smallest absolute Gasteiger partial charge is 0.339 e. The Hall–Kier alpha value is -2.73. The number of carbonyl (C=O) groups excluding carboxylic acids is 1. The number of rotatable bonds is 7. The average Bonchev–Trinajstić information content (AvgIpc) is 3.21. The summed E-state index contributed by atoms with van der Waals surface area (Å²) in [4.78, 5) is 23.0. The average molecular weight is 368 g/mol. The third-order valence-electron chi connectivity index (χ3n) is 5.15. The number of nitro groups is 1. The Kier molecular flexibility index (Phi) is 5.86. The van der Waals surface area contributed by atoms with Crippen LogP contribution in [0.3, 0.4) is 0 Å². The van der Waals surface area contributed by atoms with E-state index in [2.05, 4.69) is 5.32 Å². The Morgan fingerprint density at radius 2 is 1.93 bits per heavy atom. The molecule has 0 spiro atoms. The molecule has 0 saturated carbocycles. The van der Waals surface area contributed by atoms with Crippen molar-refractivity contribution in [1.29, 1.82) is 0 Å². The number of carbonyl (C=O) groups is 1. The number of esters is 1. The summed E-state index contributed by atoms with van der Waals surface area (Å²) in [5.74, 6) is -0.476. The highest BCUT2D eigenvalue weighted by Crippen LogP contribution is 2.33. The molecule has 6 heteroatoms. The molecule has 1 saturated heterocycles. The van der Waals surface area contributed by atoms with Crippen molar-refractivity contribution >= 4 is 11.7 Å². The van der Waals surface area contributed by atoms with Gasteiger partial charge < -0.3 is 10.1 Å². The molecule has 2 aromatic carbocycles. The highest BCUT2D eigenvalue weighted by molar-refractivity contribution is 5.90. The number of ether oxygens (including phenoxy) is 1. The van der Waals surface area contributed by atoms with E-state index in [1.54, 1.807) is 0 Å². The minimum absolute atomic E-state index is 0.0512. The SMILES string of the molecule is CC(CC[C@@H]1CCCN1)(OC(=O)c1ccc([N+](=O)[O-])cc1)c1ccccc1. The summed E-state index contributed by atoms with van der Waals surface area (Å²) >= 11 is 0. The van der Waals surface area contributed by atoms with Crippen molar-refractivity contribution in [1.82, 2.24) is 5.32 Å². The molecule has 1 heterocycles. The quantitative estimate of drug-likeness (QED) is 0.450. The summed E-state index contributed by atoms with van der Waals surface area (Å²) in [5, 5.41) is 14.3. The number of non-ortho nitro benzene ring substituents is 1. The molecule has 1 N–H and O–H groups in total.